The Balaban J connectivity index is 0.000000399. The molecule has 7 heteroatoms. The average Bonchev–Trinajstić information content (AvgIpc) is 2.39. The molecule has 2 atom stereocenters. The molecule has 0 heterocycles. The molecule has 0 saturated heterocycles. The van der Waals surface area contributed by atoms with E-state index in [1.165, 1.54) is 0 Å². The molecule has 1 aromatic carbocycles. The van der Waals surface area contributed by atoms with Crippen molar-refractivity contribution in [3.05, 3.63) is 35.9 Å². The van der Waals surface area contributed by atoms with Crippen molar-refractivity contribution in [1.82, 2.24) is 0 Å². The molecule has 0 bridgehead atoms. The van der Waals surface area contributed by atoms with Gasteiger partial charge in [0, 0.05) is 5.75 Å². The minimum atomic E-state index is -1.00. The molecule has 0 aromatic heterocycles. The largest absolute Gasteiger partial charge is 0.480 e. The first kappa shape index (κ1) is 17.4. The molecule has 0 aliphatic rings. The topological polar surface area (TPSA) is 127 Å². The van der Waals surface area contributed by atoms with Gasteiger partial charge in [-0.2, -0.15) is 12.6 Å². The number of carboxylic acid groups (broad SMARTS) is 2. The molecule has 0 fully saturated rings. The maximum Gasteiger partial charge on any atom is 0.321 e. The van der Waals surface area contributed by atoms with Gasteiger partial charge in [0.05, 0.1) is 0 Å². The number of nitrogens with two attached hydrogens (primary N) is 2. The van der Waals surface area contributed by atoms with Crippen molar-refractivity contribution in [3.63, 3.8) is 0 Å². The van der Waals surface area contributed by atoms with E-state index in [9.17, 15) is 9.59 Å². The molecule has 0 unspecified atom stereocenters. The fourth-order valence-electron chi connectivity index (χ4n) is 1.03. The highest BCUT2D eigenvalue weighted by Gasteiger charge is 2.10. The summed E-state index contributed by atoms with van der Waals surface area (Å²) in [7, 11) is 0. The van der Waals surface area contributed by atoms with Crippen LogP contribution in [0.2, 0.25) is 0 Å². The Kier molecular flexibility index (Phi) is 8.60. The second-order valence-electron chi connectivity index (χ2n) is 3.76. The van der Waals surface area contributed by atoms with Gasteiger partial charge in [-0.25, -0.2) is 0 Å². The van der Waals surface area contributed by atoms with Gasteiger partial charge in [-0.1, -0.05) is 30.3 Å². The molecular formula is C12H18N2O4S. The van der Waals surface area contributed by atoms with Gasteiger partial charge >= 0.3 is 11.9 Å². The molecule has 1 rings (SSSR count). The Labute approximate surface area is 116 Å². The fourth-order valence-corrected chi connectivity index (χ4v) is 1.19. The van der Waals surface area contributed by atoms with Crippen LogP contribution in [0.15, 0.2) is 30.3 Å². The number of carbonyl (C=O) groups is 2. The molecule has 0 amide bonds. The van der Waals surface area contributed by atoms with Gasteiger partial charge in [0.2, 0.25) is 0 Å². The van der Waals surface area contributed by atoms with Gasteiger partial charge in [0.15, 0.2) is 0 Å². The van der Waals surface area contributed by atoms with Gasteiger partial charge in [0.25, 0.3) is 0 Å². The van der Waals surface area contributed by atoms with Crippen molar-refractivity contribution in [1.29, 1.82) is 0 Å². The van der Waals surface area contributed by atoms with Gasteiger partial charge in [-0.3, -0.25) is 9.59 Å². The maximum atomic E-state index is 10.4. The zero-order valence-electron chi connectivity index (χ0n) is 10.3. The van der Waals surface area contributed by atoms with Crippen LogP contribution in [0, 0.1) is 0 Å². The summed E-state index contributed by atoms with van der Waals surface area (Å²) in [5.74, 6) is -1.77. The first-order chi connectivity index (χ1) is 8.88. The molecule has 19 heavy (non-hydrogen) atoms. The molecule has 0 aliphatic heterocycles. The van der Waals surface area contributed by atoms with Crippen molar-refractivity contribution in [3.8, 4) is 0 Å². The molecule has 0 aliphatic carbocycles. The SMILES string of the molecule is N[C@@H](CS)C(=O)O.N[C@@H](Cc1ccccc1)C(=O)O. The third kappa shape index (κ3) is 8.20. The first-order valence-corrected chi connectivity index (χ1v) is 6.13. The lowest BCUT2D eigenvalue weighted by Gasteiger charge is -2.04. The lowest BCUT2D eigenvalue weighted by Crippen LogP contribution is -2.32. The smallest absolute Gasteiger partial charge is 0.321 e. The molecule has 106 valence electrons. The van der Waals surface area contributed by atoms with Crippen LogP contribution in [0.5, 0.6) is 0 Å². The normalized spacial score (nSPS) is 12.8. The standard InChI is InChI=1S/C9H11NO2.C3H7NO2S/c10-8(9(11)12)6-7-4-2-1-3-5-7;4-2(1-7)3(5)6/h1-5,8H,6,10H2,(H,11,12);2,7H,1,4H2,(H,5,6)/t8-;2-/m00/s1. The van der Waals surface area contributed by atoms with Crippen LogP contribution in [-0.4, -0.2) is 40.0 Å². The summed E-state index contributed by atoms with van der Waals surface area (Å²) in [5, 5.41) is 16.5. The second kappa shape index (κ2) is 9.37. The van der Waals surface area contributed by atoms with Crippen LogP contribution < -0.4 is 11.5 Å². The van der Waals surface area contributed by atoms with E-state index >= 15 is 0 Å². The lowest BCUT2D eigenvalue weighted by molar-refractivity contribution is -0.139. The van der Waals surface area contributed by atoms with Crippen LogP contribution in [-0.2, 0) is 16.0 Å². The molecule has 6 nitrogen and oxygen atoms in total. The Hall–Kier alpha value is -1.57. The number of hydrogen-bond acceptors (Lipinski definition) is 5. The predicted molar refractivity (Wildman–Crippen MR) is 75.2 cm³/mol. The summed E-state index contributed by atoms with van der Waals surface area (Å²) in [6, 6.07) is 7.73. The first-order valence-electron chi connectivity index (χ1n) is 5.50. The predicted octanol–water partition coefficient (Wildman–Crippen LogP) is -0.0309. The van der Waals surface area contributed by atoms with E-state index < -0.39 is 24.0 Å². The Morgan fingerprint density at radius 3 is 1.84 bits per heavy atom. The summed E-state index contributed by atoms with van der Waals surface area (Å²) in [6.45, 7) is 0. The number of rotatable bonds is 5. The van der Waals surface area contributed by atoms with Gasteiger partial charge in [-0.05, 0) is 12.0 Å². The van der Waals surface area contributed by atoms with Crippen molar-refractivity contribution in [2.75, 3.05) is 5.75 Å². The van der Waals surface area contributed by atoms with E-state index in [0.29, 0.717) is 6.42 Å². The third-order valence-corrected chi connectivity index (χ3v) is 2.52. The monoisotopic (exact) mass is 286 g/mol. The number of aliphatic carboxylic acids is 2. The summed E-state index contributed by atoms with van der Waals surface area (Å²) in [5.41, 5.74) is 11.2. The molecule has 6 N–H and O–H groups in total. The van der Waals surface area contributed by atoms with Crippen molar-refractivity contribution in [2.45, 2.75) is 18.5 Å². The van der Waals surface area contributed by atoms with Crippen LogP contribution in [0.3, 0.4) is 0 Å². The van der Waals surface area contributed by atoms with Gasteiger partial charge in [-0.15, -0.1) is 0 Å². The molecule has 1 aromatic rings. The zero-order valence-corrected chi connectivity index (χ0v) is 11.2. The van der Waals surface area contributed by atoms with Gasteiger partial charge < -0.3 is 21.7 Å². The van der Waals surface area contributed by atoms with E-state index in [-0.39, 0.29) is 5.75 Å². The van der Waals surface area contributed by atoms with Crippen LogP contribution >= 0.6 is 12.6 Å². The van der Waals surface area contributed by atoms with Crippen molar-refractivity contribution >= 4 is 24.6 Å². The Bertz CT molecular complexity index is 400. The second-order valence-corrected chi connectivity index (χ2v) is 4.13. The third-order valence-electron chi connectivity index (χ3n) is 2.13. The molecule has 0 saturated carbocycles. The quantitative estimate of drug-likeness (QED) is 0.484. The van der Waals surface area contributed by atoms with Crippen molar-refractivity contribution < 1.29 is 19.8 Å². The van der Waals surface area contributed by atoms with E-state index in [1.54, 1.807) is 0 Å². The van der Waals surface area contributed by atoms with E-state index in [4.69, 9.17) is 21.7 Å². The van der Waals surface area contributed by atoms with Crippen LogP contribution in [0.25, 0.3) is 0 Å². The maximum absolute atomic E-state index is 10.4. The summed E-state index contributed by atoms with van der Waals surface area (Å²) < 4.78 is 0. The molecule has 0 spiro atoms. The minimum absolute atomic E-state index is 0.190. The van der Waals surface area contributed by atoms with E-state index in [1.807, 2.05) is 30.3 Å². The Morgan fingerprint density at radius 1 is 1.05 bits per heavy atom. The number of carboxylic acids is 2. The average molecular weight is 286 g/mol. The summed E-state index contributed by atoms with van der Waals surface area (Å²) in [6.07, 6.45) is 0.385. The number of thiol groups is 1. The van der Waals surface area contributed by atoms with Crippen molar-refractivity contribution in [2.24, 2.45) is 11.5 Å². The van der Waals surface area contributed by atoms with Crippen LogP contribution in [0.1, 0.15) is 5.56 Å². The lowest BCUT2D eigenvalue weighted by atomic mass is 10.1. The zero-order chi connectivity index (χ0) is 14.8. The number of benzene rings is 1. The molecular weight excluding hydrogens is 268 g/mol. The van der Waals surface area contributed by atoms with E-state index in [0.717, 1.165) is 5.56 Å². The highest BCUT2D eigenvalue weighted by Crippen LogP contribution is 2.01. The van der Waals surface area contributed by atoms with Crippen LogP contribution in [0.4, 0.5) is 0 Å². The minimum Gasteiger partial charge on any atom is -0.480 e. The fraction of sp³-hybridized carbons (Fsp3) is 0.333. The molecule has 0 radical (unpaired) electrons. The summed E-state index contributed by atoms with van der Waals surface area (Å²) >= 11 is 3.65. The number of hydrogen-bond donors (Lipinski definition) is 5. The summed E-state index contributed by atoms with van der Waals surface area (Å²) in [4.78, 5) is 20.1. The van der Waals surface area contributed by atoms with E-state index in [2.05, 4.69) is 12.6 Å². The highest BCUT2D eigenvalue weighted by molar-refractivity contribution is 7.80. The van der Waals surface area contributed by atoms with Gasteiger partial charge in [0.1, 0.15) is 12.1 Å². The highest BCUT2D eigenvalue weighted by atomic mass is 32.1. The Morgan fingerprint density at radius 2 is 1.53 bits per heavy atom.